The second kappa shape index (κ2) is 3.15. The molecular weight excluding hydrogens is 233 g/mol. The molecule has 0 aliphatic heterocycles. The zero-order valence-corrected chi connectivity index (χ0v) is 9.07. The van der Waals surface area contributed by atoms with Crippen LogP contribution in [-0.2, 0) is 0 Å². The minimum atomic E-state index is -0.204. The molecule has 0 unspecified atom stereocenters. The molecule has 0 N–H and O–H groups in total. The molecule has 0 spiro atoms. The maximum Gasteiger partial charge on any atom is 0.146 e. The summed E-state index contributed by atoms with van der Waals surface area (Å²) in [5, 5.41) is 2.31. The lowest BCUT2D eigenvalue weighted by Crippen LogP contribution is -1.73. The lowest BCUT2D eigenvalue weighted by atomic mass is 10.2. The summed E-state index contributed by atoms with van der Waals surface area (Å²) in [6.07, 6.45) is 1.64. The Bertz CT molecular complexity index is 606. The van der Waals surface area contributed by atoms with Crippen molar-refractivity contribution in [3.05, 3.63) is 41.4 Å². The standard InChI is InChI=1S/C11H5ClFNS/c12-11-10-7(4-5-14-11)6-2-1-3-8(13)9(6)15-10/h1-5H. The molecule has 0 amide bonds. The van der Waals surface area contributed by atoms with E-state index < -0.39 is 0 Å². The summed E-state index contributed by atoms with van der Waals surface area (Å²) in [7, 11) is 0. The average molecular weight is 238 g/mol. The molecule has 4 heteroatoms. The van der Waals surface area contributed by atoms with Gasteiger partial charge >= 0.3 is 0 Å². The summed E-state index contributed by atoms with van der Waals surface area (Å²) in [4.78, 5) is 3.99. The van der Waals surface area contributed by atoms with Gasteiger partial charge in [-0.05, 0) is 12.1 Å². The molecule has 3 aromatic rings. The van der Waals surface area contributed by atoms with Gasteiger partial charge in [-0.15, -0.1) is 11.3 Å². The highest BCUT2D eigenvalue weighted by Gasteiger charge is 2.10. The minimum absolute atomic E-state index is 0.204. The summed E-state index contributed by atoms with van der Waals surface area (Å²) in [5.41, 5.74) is 0. The summed E-state index contributed by atoms with van der Waals surface area (Å²) < 4.78 is 15.0. The van der Waals surface area contributed by atoms with E-state index in [4.69, 9.17) is 11.6 Å². The fraction of sp³-hybridized carbons (Fsp3) is 0. The number of rotatable bonds is 0. The van der Waals surface area contributed by atoms with Crippen LogP contribution in [0.1, 0.15) is 0 Å². The van der Waals surface area contributed by atoms with E-state index in [1.807, 2.05) is 12.1 Å². The van der Waals surface area contributed by atoms with E-state index in [1.165, 1.54) is 17.4 Å². The van der Waals surface area contributed by atoms with Gasteiger partial charge in [0.25, 0.3) is 0 Å². The first-order chi connectivity index (χ1) is 7.27. The highest BCUT2D eigenvalue weighted by molar-refractivity contribution is 7.26. The molecule has 0 radical (unpaired) electrons. The molecule has 0 saturated carbocycles. The second-order valence-electron chi connectivity index (χ2n) is 3.20. The van der Waals surface area contributed by atoms with Crippen molar-refractivity contribution >= 4 is 43.1 Å². The van der Waals surface area contributed by atoms with Crippen LogP contribution in [0.25, 0.3) is 20.2 Å². The third-order valence-electron chi connectivity index (χ3n) is 2.32. The highest BCUT2D eigenvalue weighted by atomic mass is 35.5. The van der Waals surface area contributed by atoms with Crippen LogP contribution < -0.4 is 0 Å². The largest absolute Gasteiger partial charge is 0.243 e. The Morgan fingerprint density at radius 2 is 1.93 bits per heavy atom. The zero-order chi connectivity index (χ0) is 10.4. The number of benzene rings is 1. The fourth-order valence-electron chi connectivity index (χ4n) is 1.66. The van der Waals surface area contributed by atoms with Crippen molar-refractivity contribution in [2.75, 3.05) is 0 Å². The summed E-state index contributed by atoms with van der Waals surface area (Å²) in [6.45, 7) is 0. The van der Waals surface area contributed by atoms with Gasteiger partial charge in [0.1, 0.15) is 11.0 Å². The molecule has 0 atom stereocenters. The first-order valence-corrected chi connectivity index (χ1v) is 5.58. The van der Waals surface area contributed by atoms with Crippen LogP contribution in [0.4, 0.5) is 4.39 Å². The Morgan fingerprint density at radius 1 is 1.13 bits per heavy atom. The van der Waals surface area contributed by atoms with Crippen molar-refractivity contribution in [1.29, 1.82) is 0 Å². The van der Waals surface area contributed by atoms with Crippen LogP contribution in [-0.4, -0.2) is 4.98 Å². The first-order valence-electron chi connectivity index (χ1n) is 4.38. The SMILES string of the molecule is Fc1cccc2c1sc1c(Cl)nccc12. The smallest absolute Gasteiger partial charge is 0.146 e. The van der Waals surface area contributed by atoms with Crippen molar-refractivity contribution in [3.63, 3.8) is 0 Å². The van der Waals surface area contributed by atoms with Crippen molar-refractivity contribution in [2.45, 2.75) is 0 Å². The van der Waals surface area contributed by atoms with Crippen LogP contribution >= 0.6 is 22.9 Å². The van der Waals surface area contributed by atoms with E-state index in [0.717, 1.165) is 15.5 Å². The second-order valence-corrected chi connectivity index (χ2v) is 4.58. The van der Waals surface area contributed by atoms with E-state index in [0.29, 0.717) is 9.85 Å². The lowest BCUT2D eigenvalue weighted by molar-refractivity contribution is 0.642. The van der Waals surface area contributed by atoms with Crippen molar-refractivity contribution in [1.82, 2.24) is 4.98 Å². The molecule has 0 bridgehead atoms. The maximum absolute atomic E-state index is 13.5. The van der Waals surface area contributed by atoms with E-state index in [1.54, 1.807) is 12.3 Å². The predicted molar refractivity (Wildman–Crippen MR) is 62.1 cm³/mol. The van der Waals surface area contributed by atoms with Gasteiger partial charge in [0.05, 0.1) is 9.40 Å². The monoisotopic (exact) mass is 237 g/mol. The van der Waals surface area contributed by atoms with Crippen molar-refractivity contribution in [2.24, 2.45) is 0 Å². The fourth-order valence-corrected chi connectivity index (χ4v) is 3.01. The Morgan fingerprint density at radius 3 is 2.80 bits per heavy atom. The van der Waals surface area contributed by atoms with Gasteiger partial charge in [0.15, 0.2) is 0 Å². The predicted octanol–water partition coefficient (Wildman–Crippen LogP) is 4.24. The Labute approximate surface area is 94.1 Å². The molecule has 15 heavy (non-hydrogen) atoms. The molecule has 74 valence electrons. The van der Waals surface area contributed by atoms with Crippen LogP contribution in [0.15, 0.2) is 30.5 Å². The van der Waals surface area contributed by atoms with Gasteiger partial charge < -0.3 is 0 Å². The average Bonchev–Trinajstić information content (AvgIpc) is 2.60. The molecule has 1 nitrogen and oxygen atoms in total. The summed E-state index contributed by atoms with van der Waals surface area (Å²) in [5.74, 6) is -0.204. The molecule has 3 rings (SSSR count). The van der Waals surface area contributed by atoms with Gasteiger partial charge in [0, 0.05) is 17.0 Å². The Hall–Kier alpha value is -1.19. The Balaban J connectivity index is 2.63. The van der Waals surface area contributed by atoms with Gasteiger partial charge in [-0.25, -0.2) is 9.37 Å². The normalized spacial score (nSPS) is 11.3. The number of fused-ring (bicyclic) bond motifs is 3. The molecule has 2 aromatic heterocycles. The van der Waals surface area contributed by atoms with Crippen molar-refractivity contribution < 1.29 is 4.39 Å². The minimum Gasteiger partial charge on any atom is -0.243 e. The number of nitrogens with zero attached hydrogens (tertiary/aromatic N) is 1. The van der Waals surface area contributed by atoms with E-state index in [-0.39, 0.29) is 5.82 Å². The van der Waals surface area contributed by atoms with Gasteiger partial charge in [-0.3, -0.25) is 0 Å². The number of pyridine rings is 1. The third-order valence-corrected chi connectivity index (χ3v) is 3.96. The summed E-state index contributed by atoms with van der Waals surface area (Å²) >= 11 is 7.30. The third kappa shape index (κ3) is 1.24. The zero-order valence-electron chi connectivity index (χ0n) is 7.50. The number of aromatic nitrogens is 1. The van der Waals surface area contributed by atoms with Crippen LogP contribution in [0.2, 0.25) is 5.15 Å². The van der Waals surface area contributed by atoms with E-state index in [2.05, 4.69) is 4.98 Å². The molecule has 0 fully saturated rings. The van der Waals surface area contributed by atoms with Gasteiger partial charge in [-0.1, -0.05) is 23.7 Å². The Kier molecular flexibility index (Phi) is 1.90. The maximum atomic E-state index is 13.5. The molecular formula is C11H5ClFNS. The molecule has 1 aromatic carbocycles. The molecule has 2 heterocycles. The number of hydrogen-bond acceptors (Lipinski definition) is 2. The van der Waals surface area contributed by atoms with Gasteiger partial charge in [-0.2, -0.15) is 0 Å². The quantitative estimate of drug-likeness (QED) is 0.533. The molecule has 0 saturated heterocycles. The number of thiophene rings is 1. The van der Waals surface area contributed by atoms with E-state index in [9.17, 15) is 4.39 Å². The van der Waals surface area contributed by atoms with Gasteiger partial charge in [0.2, 0.25) is 0 Å². The molecule has 0 aliphatic rings. The molecule has 0 aliphatic carbocycles. The van der Waals surface area contributed by atoms with Crippen LogP contribution in [0, 0.1) is 5.82 Å². The first kappa shape index (κ1) is 9.07. The topological polar surface area (TPSA) is 12.9 Å². The van der Waals surface area contributed by atoms with Crippen LogP contribution in [0.5, 0.6) is 0 Å². The number of hydrogen-bond donors (Lipinski definition) is 0. The van der Waals surface area contributed by atoms with E-state index >= 15 is 0 Å². The number of halogens is 2. The van der Waals surface area contributed by atoms with Crippen molar-refractivity contribution in [3.8, 4) is 0 Å². The highest BCUT2D eigenvalue weighted by Crippen LogP contribution is 2.37. The van der Waals surface area contributed by atoms with Crippen LogP contribution in [0.3, 0.4) is 0 Å². The summed E-state index contributed by atoms with van der Waals surface area (Å²) in [6, 6.07) is 6.92. The lowest BCUT2D eigenvalue weighted by Gasteiger charge is -1.91.